The third-order valence-corrected chi connectivity index (χ3v) is 4.08. The molecule has 0 amide bonds. The topological polar surface area (TPSA) is 54.0 Å². The van der Waals surface area contributed by atoms with E-state index in [1.807, 2.05) is 6.07 Å². The zero-order valence-corrected chi connectivity index (χ0v) is 12.4. The second kappa shape index (κ2) is 5.15. The van der Waals surface area contributed by atoms with Gasteiger partial charge in [0.1, 0.15) is 27.6 Å². The van der Waals surface area contributed by atoms with Crippen molar-refractivity contribution in [3.8, 4) is 17.5 Å². The van der Waals surface area contributed by atoms with Crippen molar-refractivity contribution in [1.29, 1.82) is 5.26 Å². The summed E-state index contributed by atoms with van der Waals surface area (Å²) in [6.45, 7) is 0. The highest BCUT2D eigenvalue weighted by molar-refractivity contribution is 6.46. The second-order valence-electron chi connectivity index (χ2n) is 4.10. The number of rotatable bonds is 1. The molecule has 2 heterocycles. The Morgan fingerprint density at radius 1 is 1.05 bits per heavy atom. The summed E-state index contributed by atoms with van der Waals surface area (Å²) in [6, 6.07) is 7.51. The minimum absolute atomic E-state index is 0.0229. The van der Waals surface area contributed by atoms with E-state index in [1.54, 1.807) is 0 Å². The standard InChI is InChI=1S/C13H4Cl3FN4/c14-9-8(5-18)11(16)21-12(19-20-13(21)10(9)15)6-1-3-7(17)4-2-6/h1-4H. The molecule has 104 valence electrons. The summed E-state index contributed by atoms with van der Waals surface area (Å²) in [6.07, 6.45) is 0. The van der Waals surface area contributed by atoms with Crippen LogP contribution in [0.3, 0.4) is 0 Å². The van der Waals surface area contributed by atoms with Crippen LogP contribution >= 0.6 is 34.8 Å². The van der Waals surface area contributed by atoms with Crippen molar-refractivity contribution < 1.29 is 4.39 Å². The van der Waals surface area contributed by atoms with Gasteiger partial charge in [-0.1, -0.05) is 34.8 Å². The van der Waals surface area contributed by atoms with Crippen LogP contribution in [0.2, 0.25) is 15.2 Å². The molecule has 1 aromatic carbocycles. The number of fused-ring (bicyclic) bond motifs is 1. The lowest BCUT2D eigenvalue weighted by atomic mass is 10.2. The number of halogens is 4. The highest BCUT2D eigenvalue weighted by atomic mass is 35.5. The maximum atomic E-state index is 13.0. The Hall–Kier alpha value is -1.87. The van der Waals surface area contributed by atoms with E-state index in [1.165, 1.54) is 28.7 Å². The fourth-order valence-electron chi connectivity index (χ4n) is 1.90. The van der Waals surface area contributed by atoms with Gasteiger partial charge in [0.2, 0.25) is 0 Å². The molecular weight excluding hydrogens is 338 g/mol. The quantitative estimate of drug-likeness (QED) is 0.618. The van der Waals surface area contributed by atoms with E-state index < -0.39 is 0 Å². The Bertz CT molecular complexity index is 897. The molecule has 0 fully saturated rings. The lowest BCUT2D eigenvalue weighted by molar-refractivity contribution is 0.628. The van der Waals surface area contributed by atoms with Crippen LogP contribution < -0.4 is 0 Å². The number of nitriles is 1. The first kappa shape index (κ1) is 14.1. The predicted molar refractivity (Wildman–Crippen MR) is 78.1 cm³/mol. The van der Waals surface area contributed by atoms with Gasteiger partial charge in [0, 0.05) is 5.56 Å². The molecule has 3 aromatic rings. The van der Waals surface area contributed by atoms with E-state index in [0.29, 0.717) is 11.4 Å². The highest BCUT2D eigenvalue weighted by Gasteiger charge is 2.21. The van der Waals surface area contributed by atoms with E-state index in [9.17, 15) is 4.39 Å². The summed E-state index contributed by atoms with van der Waals surface area (Å²) in [5.41, 5.74) is 0.831. The average Bonchev–Trinajstić information content (AvgIpc) is 2.91. The average molecular weight is 342 g/mol. The smallest absolute Gasteiger partial charge is 0.182 e. The molecule has 0 spiro atoms. The maximum Gasteiger partial charge on any atom is 0.182 e. The van der Waals surface area contributed by atoms with Gasteiger partial charge in [0.05, 0.1) is 5.02 Å². The van der Waals surface area contributed by atoms with Crippen LogP contribution in [0.15, 0.2) is 24.3 Å². The molecule has 0 bridgehead atoms. The van der Waals surface area contributed by atoms with Gasteiger partial charge in [-0.2, -0.15) is 5.26 Å². The van der Waals surface area contributed by atoms with Gasteiger partial charge in [0.15, 0.2) is 11.5 Å². The Morgan fingerprint density at radius 2 is 1.71 bits per heavy atom. The summed E-state index contributed by atoms with van der Waals surface area (Å²) >= 11 is 18.3. The van der Waals surface area contributed by atoms with Gasteiger partial charge >= 0.3 is 0 Å². The molecule has 3 rings (SSSR count). The van der Waals surface area contributed by atoms with Crippen LogP contribution in [0.25, 0.3) is 17.0 Å². The Labute approximate surface area is 133 Å². The second-order valence-corrected chi connectivity index (χ2v) is 5.21. The van der Waals surface area contributed by atoms with E-state index in [2.05, 4.69) is 10.2 Å². The van der Waals surface area contributed by atoms with E-state index in [-0.39, 0.29) is 32.2 Å². The number of pyridine rings is 1. The molecule has 0 radical (unpaired) electrons. The Kier molecular flexibility index (Phi) is 3.46. The van der Waals surface area contributed by atoms with E-state index in [0.717, 1.165) is 0 Å². The molecule has 0 atom stereocenters. The largest absolute Gasteiger partial charge is 0.262 e. The Morgan fingerprint density at radius 3 is 2.33 bits per heavy atom. The lowest BCUT2D eigenvalue weighted by Crippen LogP contribution is -1.97. The van der Waals surface area contributed by atoms with Crippen LogP contribution in [-0.4, -0.2) is 14.6 Å². The first-order valence-corrected chi connectivity index (χ1v) is 6.75. The number of hydrogen-bond donors (Lipinski definition) is 0. The highest BCUT2D eigenvalue weighted by Crippen LogP contribution is 2.36. The number of aromatic nitrogens is 3. The molecule has 0 unspecified atom stereocenters. The fourth-order valence-corrected chi connectivity index (χ4v) is 2.68. The summed E-state index contributed by atoms with van der Waals surface area (Å²) in [7, 11) is 0. The van der Waals surface area contributed by atoms with Crippen molar-refractivity contribution in [2.75, 3.05) is 0 Å². The number of nitrogens with zero attached hydrogens (tertiary/aromatic N) is 4. The summed E-state index contributed by atoms with van der Waals surface area (Å²) in [5, 5.41) is 17.2. The van der Waals surface area contributed by atoms with Crippen LogP contribution in [-0.2, 0) is 0 Å². The molecule has 0 aliphatic carbocycles. The molecule has 0 aliphatic rings. The van der Waals surface area contributed by atoms with Gasteiger partial charge in [-0.05, 0) is 24.3 Å². The van der Waals surface area contributed by atoms with Crippen molar-refractivity contribution in [1.82, 2.24) is 14.6 Å². The van der Waals surface area contributed by atoms with E-state index >= 15 is 0 Å². The third-order valence-electron chi connectivity index (χ3n) is 2.89. The maximum absolute atomic E-state index is 13.0. The SMILES string of the molecule is N#Cc1c(Cl)c(Cl)c2nnc(-c3ccc(F)cc3)n2c1Cl. The van der Waals surface area contributed by atoms with Crippen LogP contribution in [0, 0.1) is 17.1 Å². The predicted octanol–water partition coefficient (Wildman–Crippen LogP) is 4.37. The van der Waals surface area contributed by atoms with Gasteiger partial charge < -0.3 is 0 Å². The number of hydrogen-bond acceptors (Lipinski definition) is 3. The lowest BCUT2D eigenvalue weighted by Gasteiger charge is -2.07. The fraction of sp³-hybridized carbons (Fsp3) is 0. The van der Waals surface area contributed by atoms with Crippen molar-refractivity contribution in [3.05, 3.63) is 50.8 Å². The van der Waals surface area contributed by atoms with Crippen LogP contribution in [0.1, 0.15) is 5.56 Å². The van der Waals surface area contributed by atoms with Crippen molar-refractivity contribution in [2.24, 2.45) is 0 Å². The minimum atomic E-state index is -0.377. The molecule has 0 N–H and O–H groups in total. The third kappa shape index (κ3) is 2.12. The first-order chi connectivity index (χ1) is 10.0. The minimum Gasteiger partial charge on any atom is -0.262 e. The van der Waals surface area contributed by atoms with Crippen molar-refractivity contribution in [3.63, 3.8) is 0 Å². The summed E-state index contributed by atoms with van der Waals surface area (Å²) < 4.78 is 14.4. The monoisotopic (exact) mass is 340 g/mol. The first-order valence-electron chi connectivity index (χ1n) is 5.62. The van der Waals surface area contributed by atoms with E-state index in [4.69, 9.17) is 40.1 Å². The van der Waals surface area contributed by atoms with Gasteiger partial charge in [-0.15, -0.1) is 10.2 Å². The Balaban J connectivity index is 2.39. The van der Waals surface area contributed by atoms with Crippen LogP contribution in [0.5, 0.6) is 0 Å². The molecule has 8 heteroatoms. The molecule has 0 saturated heterocycles. The van der Waals surface area contributed by atoms with Gasteiger partial charge in [0.25, 0.3) is 0 Å². The summed E-state index contributed by atoms with van der Waals surface area (Å²) in [5.74, 6) is -0.0393. The van der Waals surface area contributed by atoms with Gasteiger partial charge in [-0.3, -0.25) is 4.40 Å². The van der Waals surface area contributed by atoms with Crippen LogP contribution in [0.4, 0.5) is 4.39 Å². The normalized spacial score (nSPS) is 10.8. The zero-order chi connectivity index (χ0) is 15.1. The summed E-state index contributed by atoms with van der Waals surface area (Å²) in [4.78, 5) is 0. The number of benzene rings is 1. The van der Waals surface area contributed by atoms with Crippen molar-refractivity contribution >= 4 is 40.4 Å². The molecular formula is C13H4Cl3FN4. The molecule has 4 nitrogen and oxygen atoms in total. The van der Waals surface area contributed by atoms with Crippen molar-refractivity contribution in [2.45, 2.75) is 0 Å². The van der Waals surface area contributed by atoms with Gasteiger partial charge in [-0.25, -0.2) is 4.39 Å². The molecule has 2 aromatic heterocycles. The molecule has 0 aliphatic heterocycles. The zero-order valence-electron chi connectivity index (χ0n) is 10.1. The molecule has 0 saturated carbocycles. The molecule has 21 heavy (non-hydrogen) atoms.